The van der Waals surface area contributed by atoms with E-state index in [4.69, 9.17) is 4.74 Å². The maximum atomic E-state index is 14.2. The lowest BCUT2D eigenvalue weighted by Gasteiger charge is -2.36. The van der Waals surface area contributed by atoms with Crippen LogP contribution in [0.5, 0.6) is 0 Å². The number of nitrogens with zero attached hydrogens (tertiary/aromatic N) is 1. The summed E-state index contributed by atoms with van der Waals surface area (Å²) in [5, 5.41) is 0. The molecule has 1 fully saturated rings. The zero-order valence-electron chi connectivity index (χ0n) is 22.1. The van der Waals surface area contributed by atoms with Gasteiger partial charge in [-0.05, 0) is 36.0 Å². The number of amides is 2. The van der Waals surface area contributed by atoms with Gasteiger partial charge in [0.2, 0.25) is 5.91 Å². The predicted octanol–water partition coefficient (Wildman–Crippen LogP) is 7.65. The van der Waals surface area contributed by atoms with Crippen molar-refractivity contribution in [2.45, 2.75) is 44.8 Å². The van der Waals surface area contributed by atoms with Crippen molar-refractivity contribution in [2.24, 2.45) is 5.92 Å². The van der Waals surface area contributed by atoms with Crippen molar-refractivity contribution in [3.63, 3.8) is 0 Å². The summed E-state index contributed by atoms with van der Waals surface area (Å²) in [4.78, 5) is 29.3. The molecule has 192 valence electrons. The Morgan fingerprint density at radius 2 is 1.26 bits per heavy atom. The van der Waals surface area contributed by atoms with Crippen LogP contribution in [0.4, 0.5) is 4.79 Å². The summed E-state index contributed by atoms with van der Waals surface area (Å²) >= 11 is 0. The molecule has 1 aliphatic heterocycles. The van der Waals surface area contributed by atoms with Crippen LogP contribution in [0, 0.1) is 5.92 Å². The van der Waals surface area contributed by atoms with E-state index < -0.39 is 23.7 Å². The number of imide groups is 1. The molecule has 0 unspecified atom stereocenters. The van der Waals surface area contributed by atoms with Crippen molar-refractivity contribution in [1.82, 2.24) is 4.90 Å². The third kappa shape index (κ3) is 4.63. The van der Waals surface area contributed by atoms with Crippen LogP contribution in [-0.2, 0) is 21.6 Å². The molecule has 5 rings (SSSR count). The topological polar surface area (TPSA) is 46.6 Å². The first kappa shape index (κ1) is 25.5. The van der Waals surface area contributed by atoms with Crippen molar-refractivity contribution in [1.29, 1.82) is 0 Å². The van der Waals surface area contributed by atoms with Crippen LogP contribution in [0.3, 0.4) is 0 Å². The molecule has 0 aromatic heterocycles. The molecule has 4 aromatic rings. The van der Waals surface area contributed by atoms with Gasteiger partial charge < -0.3 is 4.74 Å². The van der Waals surface area contributed by atoms with E-state index in [0.717, 1.165) is 28.7 Å². The molecule has 2 atom stereocenters. The molecule has 0 spiro atoms. The minimum atomic E-state index is -1.20. The van der Waals surface area contributed by atoms with E-state index in [1.54, 1.807) is 0 Å². The van der Waals surface area contributed by atoms with Gasteiger partial charge in [-0.2, -0.15) is 0 Å². The van der Waals surface area contributed by atoms with Crippen LogP contribution in [-0.4, -0.2) is 16.9 Å². The first-order valence-electron chi connectivity index (χ1n) is 13.2. The highest BCUT2D eigenvalue weighted by Crippen LogP contribution is 2.53. The molecular weight excluding hydrogens is 470 g/mol. The molecule has 0 aliphatic carbocycles. The first-order valence-corrected chi connectivity index (χ1v) is 13.2. The summed E-state index contributed by atoms with van der Waals surface area (Å²) in [7, 11) is 0. The Hall–Kier alpha value is -4.18. The van der Waals surface area contributed by atoms with Crippen LogP contribution in [0.1, 0.15) is 60.5 Å². The number of hydrogen-bond acceptors (Lipinski definition) is 3. The maximum Gasteiger partial charge on any atom is 0.418 e. The van der Waals surface area contributed by atoms with Crippen molar-refractivity contribution in [3.05, 3.63) is 143 Å². The number of ether oxygens (including phenoxy) is 1. The molecule has 0 saturated carbocycles. The molecule has 4 aromatic carbocycles. The largest absolute Gasteiger partial charge is 0.430 e. The SMILES string of the molecule is CC(C)Cc1ccc([C@@H](C)C(=O)N2C(=O)OC(c3ccccc3)(c3ccccc3)[C@H]2c2ccccc2)cc1. The smallest absolute Gasteiger partial charge is 0.418 e. The normalized spacial score (nSPS) is 17.3. The minimum Gasteiger partial charge on any atom is -0.430 e. The van der Waals surface area contributed by atoms with Crippen LogP contribution < -0.4 is 0 Å². The van der Waals surface area contributed by atoms with Crippen LogP contribution in [0.25, 0.3) is 0 Å². The van der Waals surface area contributed by atoms with Crippen LogP contribution >= 0.6 is 0 Å². The van der Waals surface area contributed by atoms with E-state index in [1.165, 1.54) is 10.5 Å². The number of cyclic esters (lactones) is 1. The molecule has 38 heavy (non-hydrogen) atoms. The third-order valence-electron chi connectivity index (χ3n) is 7.34. The molecule has 1 saturated heterocycles. The Bertz CT molecular complexity index is 1340. The van der Waals surface area contributed by atoms with Crippen molar-refractivity contribution in [3.8, 4) is 0 Å². The molecule has 4 nitrogen and oxygen atoms in total. The van der Waals surface area contributed by atoms with E-state index in [1.807, 2.05) is 110 Å². The summed E-state index contributed by atoms with van der Waals surface area (Å²) < 4.78 is 6.34. The fraction of sp³-hybridized carbons (Fsp3) is 0.235. The van der Waals surface area contributed by atoms with Crippen LogP contribution in [0.2, 0.25) is 0 Å². The molecule has 1 aliphatic rings. The molecule has 0 N–H and O–H groups in total. The summed E-state index contributed by atoms with van der Waals surface area (Å²) in [5.41, 5.74) is 3.37. The number of hydrogen-bond donors (Lipinski definition) is 0. The van der Waals surface area contributed by atoms with Gasteiger partial charge in [0.25, 0.3) is 0 Å². The Morgan fingerprint density at radius 1 is 0.763 bits per heavy atom. The fourth-order valence-corrected chi connectivity index (χ4v) is 5.50. The summed E-state index contributed by atoms with van der Waals surface area (Å²) in [6.07, 6.45) is 0.341. The van der Waals surface area contributed by atoms with Gasteiger partial charge in [0, 0.05) is 11.1 Å². The number of carbonyl (C=O) groups is 2. The summed E-state index contributed by atoms with van der Waals surface area (Å²) in [6, 6.07) is 36.6. The molecule has 1 heterocycles. The highest BCUT2D eigenvalue weighted by Gasteiger charge is 2.59. The number of carbonyl (C=O) groups excluding carboxylic acids is 2. The second kappa shape index (κ2) is 10.7. The quantitative estimate of drug-likeness (QED) is 0.260. The van der Waals surface area contributed by atoms with Gasteiger partial charge in [-0.3, -0.25) is 4.79 Å². The van der Waals surface area contributed by atoms with E-state index in [-0.39, 0.29) is 5.91 Å². The maximum absolute atomic E-state index is 14.2. The molecule has 2 amide bonds. The van der Waals surface area contributed by atoms with E-state index in [0.29, 0.717) is 5.92 Å². The fourth-order valence-electron chi connectivity index (χ4n) is 5.50. The average molecular weight is 504 g/mol. The molecule has 0 bridgehead atoms. The predicted molar refractivity (Wildman–Crippen MR) is 150 cm³/mol. The van der Waals surface area contributed by atoms with E-state index in [9.17, 15) is 9.59 Å². The van der Waals surface area contributed by atoms with Gasteiger partial charge in [-0.15, -0.1) is 0 Å². The zero-order valence-corrected chi connectivity index (χ0v) is 22.1. The van der Waals surface area contributed by atoms with Gasteiger partial charge >= 0.3 is 6.09 Å². The van der Waals surface area contributed by atoms with Gasteiger partial charge in [0.1, 0.15) is 6.04 Å². The van der Waals surface area contributed by atoms with E-state index >= 15 is 0 Å². The van der Waals surface area contributed by atoms with Crippen molar-refractivity contribution >= 4 is 12.0 Å². The Morgan fingerprint density at radius 3 is 1.76 bits per heavy atom. The van der Waals surface area contributed by atoms with Gasteiger partial charge in [-0.25, -0.2) is 9.69 Å². The van der Waals surface area contributed by atoms with Gasteiger partial charge in [0.05, 0.1) is 5.92 Å². The highest BCUT2D eigenvalue weighted by atomic mass is 16.6. The van der Waals surface area contributed by atoms with Crippen molar-refractivity contribution in [2.75, 3.05) is 0 Å². The third-order valence-corrected chi connectivity index (χ3v) is 7.34. The second-order valence-corrected chi connectivity index (χ2v) is 10.4. The lowest BCUT2D eigenvalue weighted by Crippen LogP contribution is -2.41. The lowest BCUT2D eigenvalue weighted by atomic mass is 9.77. The monoisotopic (exact) mass is 503 g/mol. The Kier molecular flexibility index (Phi) is 7.15. The molecular formula is C34H33NO3. The Balaban J connectivity index is 1.62. The number of benzene rings is 4. The zero-order chi connectivity index (χ0) is 26.7. The standard InChI is InChI=1S/C34H33NO3/c1-24(2)23-26-19-21-27(22-20-26)25(3)32(36)35-31(28-13-7-4-8-14-28)34(38-33(35)37,29-15-9-5-10-16-29)30-17-11-6-12-18-30/h4-22,24-25,31H,23H2,1-3H3/t25-,31-/m1/s1. The second-order valence-electron chi connectivity index (χ2n) is 10.4. The lowest BCUT2D eigenvalue weighted by molar-refractivity contribution is -0.131. The van der Waals surface area contributed by atoms with Gasteiger partial charge in [0.15, 0.2) is 5.60 Å². The van der Waals surface area contributed by atoms with Gasteiger partial charge in [-0.1, -0.05) is 129 Å². The van der Waals surface area contributed by atoms with Crippen molar-refractivity contribution < 1.29 is 14.3 Å². The molecule has 0 radical (unpaired) electrons. The Labute approximate surface area is 224 Å². The highest BCUT2D eigenvalue weighted by molar-refractivity contribution is 5.98. The first-order chi connectivity index (χ1) is 18.4. The average Bonchev–Trinajstić information content (AvgIpc) is 3.27. The number of rotatable bonds is 7. The molecule has 4 heteroatoms. The minimum absolute atomic E-state index is 0.283. The summed E-state index contributed by atoms with van der Waals surface area (Å²) in [5.74, 6) is -0.256. The van der Waals surface area contributed by atoms with E-state index in [2.05, 4.69) is 26.0 Å². The summed E-state index contributed by atoms with van der Waals surface area (Å²) in [6.45, 7) is 6.24. The van der Waals surface area contributed by atoms with Crippen LogP contribution in [0.15, 0.2) is 115 Å².